The van der Waals surface area contributed by atoms with E-state index in [-0.39, 0.29) is 24.1 Å². The van der Waals surface area contributed by atoms with E-state index < -0.39 is 0 Å². The largest absolute Gasteiger partial charge is 0.380 e. The molecule has 0 spiro atoms. The van der Waals surface area contributed by atoms with Crippen molar-refractivity contribution in [2.24, 2.45) is 0 Å². The van der Waals surface area contributed by atoms with E-state index in [4.69, 9.17) is 4.74 Å². The number of ether oxygens (including phenoxy) is 1. The minimum atomic E-state index is -0.183. The van der Waals surface area contributed by atoms with Gasteiger partial charge in [0.1, 0.15) is 0 Å². The Balaban J connectivity index is 3.90. The van der Waals surface area contributed by atoms with Gasteiger partial charge in [-0.25, -0.2) is 0 Å². The van der Waals surface area contributed by atoms with E-state index in [0.29, 0.717) is 0 Å². The molecule has 0 radical (unpaired) electrons. The molecular formula is C9H20N2O2. The van der Waals surface area contributed by atoms with Crippen LogP contribution in [-0.2, 0) is 9.53 Å². The highest BCUT2D eigenvalue weighted by molar-refractivity contribution is 5.80. The Kier molecular flexibility index (Phi) is 5.66. The molecule has 0 fully saturated rings. The summed E-state index contributed by atoms with van der Waals surface area (Å²) in [6.45, 7) is 5.79. The third kappa shape index (κ3) is 4.24. The van der Waals surface area contributed by atoms with Gasteiger partial charge >= 0.3 is 0 Å². The van der Waals surface area contributed by atoms with Gasteiger partial charge in [-0.1, -0.05) is 0 Å². The van der Waals surface area contributed by atoms with Crippen molar-refractivity contribution in [2.45, 2.75) is 39.0 Å². The minimum absolute atomic E-state index is 0.00449. The maximum atomic E-state index is 11.1. The molecule has 78 valence electrons. The van der Waals surface area contributed by atoms with Crippen molar-refractivity contribution in [3.8, 4) is 0 Å². The zero-order valence-corrected chi connectivity index (χ0v) is 9.05. The highest BCUT2D eigenvalue weighted by Crippen LogP contribution is 1.97. The average Bonchev–Trinajstić information content (AvgIpc) is 2.14. The van der Waals surface area contributed by atoms with Gasteiger partial charge in [0.25, 0.3) is 0 Å². The average molecular weight is 188 g/mol. The van der Waals surface area contributed by atoms with Crippen LogP contribution < -0.4 is 10.6 Å². The molecular weight excluding hydrogens is 168 g/mol. The van der Waals surface area contributed by atoms with Crippen LogP contribution in [0.5, 0.6) is 0 Å². The van der Waals surface area contributed by atoms with E-state index in [9.17, 15) is 4.79 Å². The fraction of sp³-hybridized carbons (Fsp3) is 0.889. The molecule has 0 aliphatic rings. The Hall–Kier alpha value is -0.610. The van der Waals surface area contributed by atoms with Crippen molar-refractivity contribution < 1.29 is 9.53 Å². The highest BCUT2D eigenvalue weighted by atomic mass is 16.5. The van der Waals surface area contributed by atoms with Gasteiger partial charge in [0.2, 0.25) is 5.91 Å². The van der Waals surface area contributed by atoms with Gasteiger partial charge < -0.3 is 15.4 Å². The Bertz CT molecular complexity index is 162. The lowest BCUT2D eigenvalue weighted by Gasteiger charge is -2.23. The molecule has 0 rings (SSSR count). The van der Waals surface area contributed by atoms with Gasteiger partial charge in [-0.3, -0.25) is 4.79 Å². The smallest absolute Gasteiger partial charge is 0.236 e. The lowest BCUT2D eigenvalue weighted by atomic mass is 10.2. The molecule has 1 amide bonds. The molecule has 0 saturated heterocycles. The summed E-state index contributed by atoms with van der Waals surface area (Å²) in [5, 5.41) is 5.73. The Morgan fingerprint density at radius 3 is 2.23 bits per heavy atom. The fourth-order valence-corrected chi connectivity index (χ4v) is 1.03. The number of rotatable bonds is 5. The molecule has 0 aliphatic carbocycles. The number of nitrogens with one attached hydrogen (secondary N) is 2. The zero-order chi connectivity index (χ0) is 10.4. The van der Waals surface area contributed by atoms with Crippen LogP contribution in [0.2, 0.25) is 0 Å². The van der Waals surface area contributed by atoms with Gasteiger partial charge in [0.05, 0.1) is 12.1 Å². The predicted molar refractivity (Wildman–Crippen MR) is 52.6 cm³/mol. The summed E-state index contributed by atoms with van der Waals surface area (Å²) in [4.78, 5) is 11.1. The monoisotopic (exact) mass is 188 g/mol. The van der Waals surface area contributed by atoms with Crippen molar-refractivity contribution in [1.29, 1.82) is 0 Å². The van der Waals surface area contributed by atoms with Gasteiger partial charge in [-0.15, -0.1) is 0 Å². The first kappa shape index (κ1) is 12.4. The molecule has 0 bridgehead atoms. The summed E-state index contributed by atoms with van der Waals surface area (Å²) in [6.07, 6.45) is 0.104. The Labute approximate surface area is 80.0 Å². The molecule has 2 N–H and O–H groups in total. The SMILES string of the molecule is CNC(=O)C(C)NC(C)C(C)OC. The number of amides is 1. The summed E-state index contributed by atoms with van der Waals surface area (Å²) < 4.78 is 5.13. The maximum absolute atomic E-state index is 11.1. The van der Waals surface area contributed by atoms with Crippen molar-refractivity contribution in [2.75, 3.05) is 14.2 Å². The number of hydrogen-bond acceptors (Lipinski definition) is 3. The van der Waals surface area contributed by atoms with Gasteiger partial charge in [0.15, 0.2) is 0 Å². The first-order valence-corrected chi connectivity index (χ1v) is 4.53. The fourth-order valence-electron chi connectivity index (χ4n) is 1.03. The molecule has 3 atom stereocenters. The molecule has 0 aromatic carbocycles. The topological polar surface area (TPSA) is 50.4 Å². The Morgan fingerprint density at radius 1 is 1.31 bits per heavy atom. The van der Waals surface area contributed by atoms with E-state index in [2.05, 4.69) is 10.6 Å². The molecule has 0 saturated carbocycles. The van der Waals surface area contributed by atoms with Crippen molar-refractivity contribution in [3.05, 3.63) is 0 Å². The second-order valence-corrected chi connectivity index (χ2v) is 3.23. The van der Waals surface area contributed by atoms with Crippen molar-refractivity contribution >= 4 is 5.91 Å². The summed E-state index contributed by atoms with van der Waals surface area (Å²) in [5.74, 6) is -0.00449. The Morgan fingerprint density at radius 2 is 1.85 bits per heavy atom. The number of carbonyl (C=O) groups is 1. The minimum Gasteiger partial charge on any atom is -0.380 e. The van der Waals surface area contributed by atoms with Crippen molar-refractivity contribution in [1.82, 2.24) is 10.6 Å². The summed E-state index contributed by atoms with van der Waals surface area (Å²) in [5.41, 5.74) is 0. The number of likely N-dealkylation sites (N-methyl/N-ethyl adjacent to an activating group) is 1. The third-order valence-corrected chi connectivity index (χ3v) is 2.23. The van der Waals surface area contributed by atoms with E-state index in [1.165, 1.54) is 0 Å². The van der Waals surface area contributed by atoms with E-state index in [0.717, 1.165) is 0 Å². The van der Waals surface area contributed by atoms with Crippen LogP contribution in [0.3, 0.4) is 0 Å². The number of hydrogen-bond donors (Lipinski definition) is 2. The lowest BCUT2D eigenvalue weighted by molar-refractivity contribution is -0.122. The second-order valence-electron chi connectivity index (χ2n) is 3.23. The third-order valence-electron chi connectivity index (χ3n) is 2.23. The van der Waals surface area contributed by atoms with Crippen LogP contribution in [0, 0.1) is 0 Å². The maximum Gasteiger partial charge on any atom is 0.236 e. The molecule has 0 heterocycles. The molecule has 0 aromatic rings. The lowest BCUT2D eigenvalue weighted by Crippen LogP contribution is -2.48. The van der Waals surface area contributed by atoms with Gasteiger partial charge in [0, 0.05) is 20.2 Å². The highest BCUT2D eigenvalue weighted by Gasteiger charge is 2.17. The molecule has 4 heteroatoms. The molecule has 4 nitrogen and oxygen atoms in total. The van der Waals surface area contributed by atoms with Crippen molar-refractivity contribution in [3.63, 3.8) is 0 Å². The van der Waals surface area contributed by atoms with Crippen LogP contribution in [0.15, 0.2) is 0 Å². The first-order chi connectivity index (χ1) is 6.02. The van der Waals surface area contributed by atoms with Crippen LogP contribution >= 0.6 is 0 Å². The van der Waals surface area contributed by atoms with Crippen LogP contribution in [-0.4, -0.2) is 38.3 Å². The quantitative estimate of drug-likeness (QED) is 0.645. The standard InChI is InChI=1S/C9H20N2O2/c1-6(8(3)13-5)11-7(2)9(12)10-4/h6-8,11H,1-5H3,(H,10,12). The second kappa shape index (κ2) is 5.94. The molecule has 3 unspecified atom stereocenters. The molecule has 13 heavy (non-hydrogen) atoms. The molecule has 0 aliphatic heterocycles. The number of methoxy groups -OCH3 is 1. The van der Waals surface area contributed by atoms with E-state index >= 15 is 0 Å². The zero-order valence-electron chi connectivity index (χ0n) is 9.05. The molecule has 0 aromatic heterocycles. The van der Waals surface area contributed by atoms with Crippen LogP contribution in [0.25, 0.3) is 0 Å². The first-order valence-electron chi connectivity index (χ1n) is 4.53. The predicted octanol–water partition coefficient (Wildman–Crippen LogP) is 0.134. The summed E-state index contributed by atoms with van der Waals surface area (Å²) >= 11 is 0. The summed E-state index contributed by atoms with van der Waals surface area (Å²) in [6, 6.07) is -0.0186. The van der Waals surface area contributed by atoms with Crippen LogP contribution in [0.4, 0.5) is 0 Å². The van der Waals surface area contributed by atoms with E-state index in [1.807, 2.05) is 20.8 Å². The normalized spacial score (nSPS) is 17.6. The van der Waals surface area contributed by atoms with Crippen LogP contribution in [0.1, 0.15) is 20.8 Å². The van der Waals surface area contributed by atoms with Gasteiger partial charge in [-0.05, 0) is 20.8 Å². The summed E-state index contributed by atoms with van der Waals surface area (Å²) in [7, 11) is 3.29. The van der Waals surface area contributed by atoms with Gasteiger partial charge in [-0.2, -0.15) is 0 Å². The number of carbonyl (C=O) groups excluding carboxylic acids is 1. The van der Waals surface area contributed by atoms with E-state index in [1.54, 1.807) is 14.2 Å².